The van der Waals surface area contributed by atoms with E-state index in [-0.39, 0.29) is 12.0 Å². The number of hydrogen-bond donors (Lipinski definition) is 0. The van der Waals surface area contributed by atoms with Gasteiger partial charge in [-0.25, -0.2) is 4.79 Å². The molecule has 2 aromatic rings. The first-order valence-corrected chi connectivity index (χ1v) is 9.60. The zero-order chi connectivity index (χ0) is 19.4. The van der Waals surface area contributed by atoms with Crippen molar-refractivity contribution in [2.45, 2.75) is 45.6 Å². The summed E-state index contributed by atoms with van der Waals surface area (Å²) in [5.74, 6) is 1.23. The third kappa shape index (κ3) is 5.36. The molecule has 0 saturated carbocycles. The van der Waals surface area contributed by atoms with Crippen LogP contribution in [-0.2, 0) is 11.2 Å². The van der Waals surface area contributed by atoms with Crippen LogP contribution >= 0.6 is 11.6 Å². The van der Waals surface area contributed by atoms with E-state index in [0.29, 0.717) is 37.4 Å². The third-order valence-corrected chi connectivity index (χ3v) is 5.24. The number of rotatable bonds is 5. The Morgan fingerprint density at radius 2 is 1.96 bits per heavy atom. The van der Waals surface area contributed by atoms with E-state index in [1.807, 2.05) is 30.0 Å². The lowest BCUT2D eigenvalue weighted by Gasteiger charge is -2.32. The molecule has 1 saturated heterocycles. The molecule has 5 nitrogen and oxygen atoms in total. The molecule has 3 rings (SSSR count). The second-order valence-corrected chi connectivity index (χ2v) is 7.41. The summed E-state index contributed by atoms with van der Waals surface area (Å²) < 4.78 is 10.8. The summed E-state index contributed by atoms with van der Waals surface area (Å²) in [4.78, 5) is 25.8. The van der Waals surface area contributed by atoms with Gasteiger partial charge in [0, 0.05) is 43.4 Å². The zero-order valence-electron chi connectivity index (χ0n) is 15.7. The fourth-order valence-corrected chi connectivity index (χ4v) is 3.45. The number of benzene rings is 1. The van der Waals surface area contributed by atoms with Crippen LogP contribution in [0.4, 0.5) is 0 Å². The summed E-state index contributed by atoms with van der Waals surface area (Å²) in [5.41, 5.74) is 1.75. The van der Waals surface area contributed by atoms with Crippen LogP contribution in [0.3, 0.4) is 0 Å². The SMILES string of the molecule is Cc1cc(OC2CCN(C(=O)CCc3ccc(Cl)c(C)c3)CC2)cc(=O)o1. The minimum atomic E-state index is -0.407. The predicted molar refractivity (Wildman–Crippen MR) is 104 cm³/mol. The molecule has 0 N–H and O–H groups in total. The number of amides is 1. The molecule has 1 aliphatic rings. The molecule has 0 aliphatic carbocycles. The minimum absolute atomic E-state index is 0.00849. The molecule has 1 aliphatic heterocycles. The van der Waals surface area contributed by atoms with Crippen molar-refractivity contribution in [2.24, 2.45) is 0 Å². The first-order chi connectivity index (χ1) is 12.9. The Kier molecular flexibility index (Phi) is 6.22. The van der Waals surface area contributed by atoms with Gasteiger partial charge in [-0.15, -0.1) is 0 Å². The predicted octanol–water partition coefficient (Wildman–Crippen LogP) is 3.91. The molecule has 0 bridgehead atoms. The highest BCUT2D eigenvalue weighted by Crippen LogP contribution is 2.20. The topological polar surface area (TPSA) is 59.8 Å². The number of nitrogens with zero attached hydrogens (tertiary/aromatic N) is 1. The summed E-state index contributed by atoms with van der Waals surface area (Å²) in [6.45, 7) is 5.03. The second kappa shape index (κ2) is 8.61. The van der Waals surface area contributed by atoms with Crippen molar-refractivity contribution in [3.05, 3.63) is 62.7 Å². The van der Waals surface area contributed by atoms with Crippen LogP contribution in [-0.4, -0.2) is 30.0 Å². The maximum Gasteiger partial charge on any atom is 0.339 e. The van der Waals surface area contributed by atoms with Crippen LogP contribution in [0.1, 0.15) is 36.1 Å². The van der Waals surface area contributed by atoms with Crippen LogP contribution in [0.2, 0.25) is 5.02 Å². The highest BCUT2D eigenvalue weighted by Gasteiger charge is 2.24. The van der Waals surface area contributed by atoms with E-state index >= 15 is 0 Å². The number of halogens is 1. The molecular weight excluding hydrogens is 366 g/mol. The molecular formula is C21H24ClNO4. The molecule has 0 atom stereocenters. The molecule has 1 aromatic heterocycles. The van der Waals surface area contributed by atoms with Crippen LogP contribution < -0.4 is 10.4 Å². The maximum absolute atomic E-state index is 12.5. The lowest BCUT2D eigenvalue weighted by Crippen LogP contribution is -2.41. The van der Waals surface area contributed by atoms with E-state index in [0.717, 1.165) is 29.0 Å². The molecule has 27 heavy (non-hydrogen) atoms. The number of piperidine rings is 1. The van der Waals surface area contributed by atoms with Gasteiger partial charge in [-0.3, -0.25) is 4.79 Å². The number of likely N-dealkylation sites (tertiary alicyclic amines) is 1. The van der Waals surface area contributed by atoms with Gasteiger partial charge in [0.25, 0.3) is 0 Å². The van der Waals surface area contributed by atoms with Gasteiger partial charge in [0.05, 0.1) is 6.07 Å². The Morgan fingerprint density at radius 3 is 2.63 bits per heavy atom. The maximum atomic E-state index is 12.5. The fraction of sp³-hybridized carbons (Fsp3) is 0.429. The summed E-state index contributed by atoms with van der Waals surface area (Å²) in [7, 11) is 0. The summed E-state index contributed by atoms with van der Waals surface area (Å²) >= 11 is 6.04. The molecule has 1 fully saturated rings. The molecule has 0 unspecified atom stereocenters. The van der Waals surface area contributed by atoms with Gasteiger partial charge < -0.3 is 14.1 Å². The highest BCUT2D eigenvalue weighted by molar-refractivity contribution is 6.31. The van der Waals surface area contributed by atoms with Crippen molar-refractivity contribution < 1.29 is 13.9 Å². The van der Waals surface area contributed by atoms with E-state index in [4.69, 9.17) is 20.8 Å². The monoisotopic (exact) mass is 389 g/mol. The first kappa shape index (κ1) is 19.5. The lowest BCUT2D eigenvalue weighted by molar-refractivity contribution is -0.132. The van der Waals surface area contributed by atoms with Crippen LogP contribution in [0.25, 0.3) is 0 Å². The Labute approximate surface area is 163 Å². The Bertz CT molecular complexity index is 869. The largest absolute Gasteiger partial charge is 0.490 e. The molecule has 0 spiro atoms. The molecule has 144 valence electrons. The number of carbonyl (C=O) groups excluding carboxylic acids is 1. The van der Waals surface area contributed by atoms with Crippen molar-refractivity contribution >= 4 is 17.5 Å². The summed E-state index contributed by atoms with van der Waals surface area (Å²) in [6, 6.07) is 8.96. The van der Waals surface area contributed by atoms with Crippen molar-refractivity contribution in [3.63, 3.8) is 0 Å². The molecule has 2 heterocycles. The van der Waals surface area contributed by atoms with Gasteiger partial charge in [0.15, 0.2) is 0 Å². The smallest absolute Gasteiger partial charge is 0.339 e. The molecule has 1 aromatic carbocycles. The van der Waals surface area contributed by atoms with Gasteiger partial charge >= 0.3 is 5.63 Å². The van der Waals surface area contributed by atoms with Crippen molar-refractivity contribution in [3.8, 4) is 5.75 Å². The summed E-state index contributed by atoms with van der Waals surface area (Å²) in [6.07, 6.45) is 2.72. The Morgan fingerprint density at radius 1 is 1.22 bits per heavy atom. The van der Waals surface area contributed by atoms with Crippen LogP contribution in [0.15, 0.2) is 39.5 Å². The van der Waals surface area contributed by atoms with Gasteiger partial charge in [0.1, 0.15) is 17.6 Å². The normalized spacial score (nSPS) is 15.0. The lowest BCUT2D eigenvalue weighted by atomic mass is 10.0. The van der Waals surface area contributed by atoms with Crippen LogP contribution in [0, 0.1) is 13.8 Å². The molecule has 1 amide bonds. The Balaban J connectivity index is 1.47. The van der Waals surface area contributed by atoms with Crippen molar-refractivity contribution in [1.29, 1.82) is 0 Å². The van der Waals surface area contributed by atoms with E-state index in [9.17, 15) is 9.59 Å². The molecule has 6 heteroatoms. The van der Waals surface area contributed by atoms with Gasteiger partial charge in [-0.1, -0.05) is 23.7 Å². The standard InChI is InChI=1S/C21H24ClNO4/c1-14-11-16(3-5-19(14)22)4-6-20(24)23-9-7-17(8-10-23)27-18-12-15(2)26-21(25)13-18/h3,5,11-13,17H,4,6-10H2,1-2H3. The number of aryl methyl sites for hydroxylation is 3. The summed E-state index contributed by atoms with van der Waals surface area (Å²) in [5, 5.41) is 0.749. The van der Waals surface area contributed by atoms with E-state index < -0.39 is 5.63 Å². The van der Waals surface area contributed by atoms with E-state index in [2.05, 4.69) is 0 Å². The number of hydrogen-bond acceptors (Lipinski definition) is 4. The minimum Gasteiger partial charge on any atom is -0.490 e. The van der Waals surface area contributed by atoms with Gasteiger partial charge in [-0.2, -0.15) is 0 Å². The average Bonchev–Trinajstić information content (AvgIpc) is 2.62. The highest BCUT2D eigenvalue weighted by atomic mass is 35.5. The average molecular weight is 390 g/mol. The molecule has 0 radical (unpaired) electrons. The van der Waals surface area contributed by atoms with Gasteiger partial charge in [-0.05, 0) is 37.5 Å². The fourth-order valence-electron chi connectivity index (χ4n) is 3.33. The first-order valence-electron chi connectivity index (χ1n) is 9.22. The quantitative estimate of drug-likeness (QED) is 0.777. The number of ether oxygens (including phenoxy) is 1. The van der Waals surface area contributed by atoms with Crippen LogP contribution in [0.5, 0.6) is 5.75 Å². The zero-order valence-corrected chi connectivity index (χ0v) is 16.4. The van der Waals surface area contributed by atoms with Gasteiger partial charge in [0.2, 0.25) is 5.91 Å². The number of carbonyl (C=O) groups is 1. The van der Waals surface area contributed by atoms with E-state index in [1.54, 1.807) is 13.0 Å². The van der Waals surface area contributed by atoms with Crippen molar-refractivity contribution in [1.82, 2.24) is 4.90 Å². The van der Waals surface area contributed by atoms with E-state index in [1.165, 1.54) is 6.07 Å². The van der Waals surface area contributed by atoms with Crippen molar-refractivity contribution in [2.75, 3.05) is 13.1 Å². The third-order valence-electron chi connectivity index (χ3n) is 4.81. The second-order valence-electron chi connectivity index (χ2n) is 7.00. The Hall–Kier alpha value is -2.27.